The Labute approximate surface area is 113 Å². The summed E-state index contributed by atoms with van der Waals surface area (Å²) in [4.78, 5) is 0. The van der Waals surface area contributed by atoms with Crippen molar-refractivity contribution in [1.29, 1.82) is 0 Å². The molecular formula is C14H21NO4. The van der Waals surface area contributed by atoms with Crippen molar-refractivity contribution in [2.75, 3.05) is 39.3 Å². The van der Waals surface area contributed by atoms with E-state index in [0.717, 1.165) is 31.8 Å². The van der Waals surface area contributed by atoms with Crippen molar-refractivity contribution in [1.82, 2.24) is 0 Å². The number of nitrogen functional groups attached to an aromatic ring is 1. The lowest BCUT2D eigenvalue weighted by Crippen LogP contribution is -2.25. The van der Waals surface area contributed by atoms with Gasteiger partial charge in [-0.2, -0.15) is 0 Å². The number of hydrogen-bond donors (Lipinski definition) is 1. The molecule has 0 saturated carbocycles. The number of anilines is 1. The molecule has 19 heavy (non-hydrogen) atoms. The first-order chi connectivity index (χ1) is 9.29. The van der Waals surface area contributed by atoms with E-state index in [1.807, 2.05) is 12.1 Å². The molecule has 1 aromatic rings. The van der Waals surface area contributed by atoms with Gasteiger partial charge >= 0.3 is 0 Å². The number of methoxy groups -OCH3 is 1. The summed E-state index contributed by atoms with van der Waals surface area (Å²) in [6.45, 7) is 2.53. The van der Waals surface area contributed by atoms with Gasteiger partial charge in [-0.3, -0.25) is 0 Å². The van der Waals surface area contributed by atoms with E-state index in [9.17, 15) is 0 Å². The van der Waals surface area contributed by atoms with Crippen LogP contribution in [0.5, 0.6) is 11.5 Å². The molecule has 1 aromatic carbocycles. The first kappa shape index (κ1) is 14.0. The highest BCUT2D eigenvalue weighted by atomic mass is 16.5. The summed E-state index contributed by atoms with van der Waals surface area (Å²) in [5.41, 5.74) is 6.47. The summed E-state index contributed by atoms with van der Waals surface area (Å²) in [7, 11) is 1.64. The van der Waals surface area contributed by atoms with Crippen molar-refractivity contribution in [3.63, 3.8) is 0 Å². The van der Waals surface area contributed by atoms with E-state index in [1.54, 1.807) is 13.2 Å². The predicted molar refractivity (Wildman–Crippen MR) is 72.7 cm³/mol. The maximum absolute atomic E-state index is 5.91. The lowest BCUT2D eigenvalue weighted by Gasteiger charge is -2.23. The molecule has 1 saturated heterocycles. The van der Waals surface area contributed by atoms with Gasteiger partial charge in [0.05, 0.1) is 25.5 Å². The Morgan fingerprint density at radius 2 is 2.05 bits per heavy atom. The molecule has 1 aliphatic rings. The molecule has 0 atom stereocenters. The van der Waals surface area contributed by atoms with Gasteiger partial charge in [0.2, 0.25) is 0 Å². The molecule has 0 unspecified atom stereocenters. The zero-order valence-corrected chi connectivity index (χ0v) is 11.3. The van der Waals surface area contributed by atoms with Gasteiger partial charge in [0.1, 0.15) is 24.2 Å². The van der Waals surface area contributed by atoms with E-state index in [-0.39, 0.29) is 6.10 Å². The largest absolute Gasteiger partial charge is 0.490 e. The molecule has 0 aliphatic carbocycles. The van der Waals surface area contributed by atoms with Crippen molar-refractivity contribution >= 4 is 5.69 Å². The SMILES string of the molecule is COCCOc1cc(OC2CCOCC2)ccc1N. The van der Waals surface area contributed by atoms with Crippen molar-refractivity contribution < 1.29 is 18.9 Å². The molecule has 106 valence electrons. The molecule has 0 bridgehead atoms. The lowest BCUT2D eigenvalue weighted by molar-refractivity contribution is 0.0254. The van der Waals surface area contributed by atoms with Crippen molar-refractivity contribution in [2.45, 2.75) is 18.9 Å². The van der Waals surface area contributed by atoms with Crippen LogP contribution in [0.3, 0.4) is 0 Å². The quantitative estimate of drug-likeness (QED) is 0.629. The summed E-state index contributed by atoms with van der Waals surface area (Å²) in [5.74, 6) is 1.43. The number of nitrogens with two attached hydrogens (primary N) is 1. The molecular weight excluding hydrogens is 246 g/mol. The monoisotopic (exact) mass is 267 g/mol. The van der Waals surface area contributed by atoms with E-state index < -0.39 is 0 Å². The molecule has 0 radical (unpaired) electrons. The Balaban J connectivity index is 1.94. The molecule has 1 fully saturated rings. The zero-order chi connectivity index (χ0) is 13.5. The zero-order valence-electron chi connectivity index (χ0n) is 11.3. The summed E-state index contributed by atoms with van der Waals surface area (Å²) >= 11 is 0. The number of rotatable bonds is 6. The second kappa shape index (κ2) is 7.21. The Morgan fingerprint density at radius 1 is 1.26 bits per heavy atom. The maximum Gasteiger partial charge on any atom is 0.145 e. The predicted octanol–water partition coefficient (Wildman–Crippen LogP) is 1.85. The Morgan fingerprint density at radius 3 is 2.79 bits per heavy atom. The maximum atomic E-state index is 5.91. The van der Waals surface area contributed by atoms with Gasteiger partial charge in [0, 0.05) is 26.0 Å². The fourth-order valence-electron chi connectivity index (χ4n) is 1.93. The molecule has 1 heterocycles. The van der Waals surface area contributed by atoms with Crippen LogP contribution in [0, 0.1) is 0 Å². The van der Waals surface area contributed by atoms with Crippen LogP contribution < -0.4 is 15.2 Å². The van der Waals surface area contributed by atoms with Crippen LogP contribution in [0.15, 0.2) is 18.2 Å². The fourth-order valence-corrected chi connectivity index (χ4v) is 1.93. The van der Waals surface area contributed by atoms with Crippen LogP contribution in [0.2, 0.25) is 0 Å². The minimum Gasteiger partial charge on any atom is -0.490 e. The third-order valence-electron chi connectivity index (χ3n) is 3.00. The van der Waals surface area contributed by atoms with E-state index >= 15 is 0 Å². The van der Waals surface area contributed by atoms with Crippen LogP contribution in [0.4, 0.5) is 5.69 Å². The standard InChI is InChI=1S/C14H21NO4/c1-16-8-9-18-14-10-12(2-3-13(14)15)19-11-4-6-17-7-5-11/h2-3,10-11H,4-9,15H2,1H3. The highest BCUT2D eigenvalue weighted by molar-refractivity contribution is 5.55. The highest BCUT2D eigenvalue weighted by Gasteiger charge is 2.15. The van der Waals surface area contributed by atoms with Gasteiger partial charge in [-0.15, -0.1) is 0 Å². The van der Waals surface area contributed by atoms with Crippen LogP contribution in [-0.2, 0) is 9.47 Å². The molecule has 0 amide bonds. The third-order valence-corrected chi connectivity index (χ3v) is 3.00. The van der Waals surface area contributed by atoms with Gasteiger partial charge in [-0.25, -0.2) is 0 Å². The third kappa shape index (κ3) is 4.29. The van der Waals surface area contributed by atoms with Gasteiger partial charge in [0.15, 0.2) is 0 Å². The second-order valence-electron chi connectivity index (χ2n) is 4.47. The van der Waals surface area contributed by atoms with E-state index in [4.69, 9.17) is 24.7 Å². The summed E-state index contributed by atoms with van der Waals surface area (Å²) in [5, 5.41) is 0. The number of ether oxygens (including phenoxy) is 4. The van der Waals surface area contributed by atoms with E-state index in [1.165, 1.54) is 0 Å². The van der Waals surface area contributed by atoms with Gasteiger partial charge in [-0.05, 0) is 12.1 Å². The van der Waals surface area contributed by atoms with Crippen molar-refractivity contribution in [3.8, 4) is 11.5 Å². The summed E-state index contributed by atoms with van der Waals surface area (Å²) < 4.78 is 21.7. The van der Waals surface area contributed by atoms with Crippen LogP contribution >= 0.6 is 0 Å². The van der Waals surface area contributed by atoms with Gasteiger partial charge in [0.25, 0.3) is 0 Å². The summed E-state index contributed by atoms with van der Waals surface area (Å²) in [6.07, 6.45) is 2.05. The minimum atomic E-state index is 0.212. The smallest absolute Gasteiger partial charge is 0.145 e. The van der Waals surface area contributed by atoms with Crippen molar-refractivity contribution in [2.24, 2.45) is 0 Å². The van der Waals surface area contributed by atoms with E-state index in [2.05, 4.69) is 0 Å². The lowest BCUT2D eigenvalue weighted by atomic mass is 10.1. The van der Waals surface area contributed by atoms with Crippen molar-refractivity contribution in [3.05, 3.63) is 18.2 Å². The first-order valence-corrected chi connectivity index (χ1v) is 6.55. The summed E-state index contributed by atoms with van der Waals surface area (Å²) in [6, 6.07) is 5.51. The Bertz CT molecular complexity index is 391. The fraction of sp³-hybridized carbons (Fsp3) is 0.571. The van der Waals surface area contributed by atoms with Crippen LogP contribution in [-0.4, -0.2) is 39.6 Å². The highest BCUT2D eigenvalue weighted by Crippen LogP contribution is 2.28. The van der Waals surface area contributed by atoms with E-state index in [0.29, 0.717) is 24.7 Å². The number of benzene rings is 1. The molecule has 2 N–H and O–H groups in total. The van der Waals surface area contributed by atoms with Gasteiger partial charge in [-0.1, -0.05) is 0 Å². The molecule has 5 nitrogen and oxygen atoms in total. The van der Waals surface area contributed by atoms with Gasteiger partial charge < -0.3 is 24.7 Å². The average Bonchev–Trinajstić information content (AvgIpc) is 2.44. The Kier molecular flexibility index (Phi) is 5.30. The molecule has 2 rings (SSSR count). The number of hydrogen-bond acceptors (Lipinski definition) is 5. The molecule has 1 aliphatic heterocycles. The molecule has 0 spiro atoms. The van der Waals surface area contributed by atoms with Crippen LogP contribution in [0.25, 0.3) is 0 Å². The topological polar surface area (TPSA) is 62.9 Å². The van der Waals surface area contributed by atoms with Crippen LogP contribution in [0.1, 0.15) is 12.8 Å². The molecule has 5 heteroatoms. The Hall–Kier alpha value is -1.46. The second-order valence-corrected chi connectivity index (χ2v) is 4.47. The minimum absolute atomic E-state index is 0.212. The normalized spacial score (nSPS) is 16.3. The average molecular weight is 267 g/mol. The first-order valence-electron chi connectivity index (χ1n) is 6.55. The molecule has 0 aromatic heterocycles.